The molecule has 2 atom stereocenters. The van der Waals surface area contributed by atoms with Crippen LogP contribution in [0.3, 0.4) is 0 Å². The lowest BCUT2D eigenvalue weighted by atomic mass is 10.0. The zero-order valence-corrected chi connectivity index (χ0v) is 9.21. The normalized spacial score (nSPS) is 35.4. The standard InChI is InChI=1S/C12H22N2/c1-9-3-2-4-11(8-5-9)14-12(13)10-6-7-10/h9-11H,2-8H2,1H3,(H2,13,14). The van der Waals surface area contributed by atoms with Gasteiger partial charge in [-0.05, 0) is 38.0 Å². The second-order valence-corrected chi connectivity index (χ2v) is 5.10. The molecule has 0 amide bonds. The van der Waals surface area contributed by atoms with Crippen LogP contribution in [0.4, 0.5) is 0 Å². The molecule has 2 aliphatic rings. The Bertz CT molecular complexity index is 218. The van der Waals surface area contributed by atoms with Crippen LogP contribution in [0.15, 0.2) is 4.99 Å². The summed E-state index contributed by atoms with van der Waals surface area (Å²) in [6.45, 7) is 2.36. The van der Waals surface area contributed by atoms with Crippen LogP contribution < -0.4 is 5.73 Å². The number of hydrogen-bond donors (Lipinski definition) is 1. The van der Waals surface area contributed by atoms with Crippen molar-refractivity contribution in [1.82, 2.24) is 0 Å². The van der Waals surface area contributed by atoms with E-state index in [2.05, 4.69) is 11.9 Å². The Morgan fingerprint density at radius 2 is 1.86 bits per heavy atom. The van der Waals surface area contributed by atoms with Gasteiger partial charge in [0.05, 0.1) is 11.9 Å². The van der Waals surface area contributed by atoms with Gasteiger partial charge < -0.3 is 5.73 Å². The van der Waals surface area contributed by atoms with Gasteiger partial charge in [0.15, 0.2) is 0 Å². The Morgan fingerprint density at radius 1 is 1.07 bits per heavy atom. The van der Waals surface area contributed by atoms with Crippen molar-refractivity contribution in [2.45, 2.75) is 57.9 Å². The molecule has 2 rings (SSSR count). The minimum Gasteiger partial charge on any atom is -0.387 e. The number of nitrogens with zero attached hydrogens (tertiary/aromatic N) is 1. The molecular formula is C12H22N2. The average molecular weight is 194 g/mol. The summed E-state index contributed by atoms with van der Waals surface area (Å²) in [4.78, 5) is 4.69. The van der Waals surface area contributed by atoms with Gasteiger partial charge in [-0.15, -0.1) is 0 Å². The quantitative estimate of drug-likeness (QED) is 0.410. The zero-order chi connectivity index (χ0) is 9.97. The van der Waals surface area contributed by atoms with Crippen LogP contribution in [-0.4, -0.2) is 11.9 Å². The molecule has 0 saturated heterocycles. The molecule has 0 aliphatic heterocycles. The van der Waals surface area contributed by atoms with Crippen LogP contribution in [0.1, 0.15) is 51.9 Å². The fraction of sp³-hybridized carbons (Fsp3) is 0.917. The number of hydrogen-bond acceptors (Lipinski definition) is 1. The molecule has 2 nitrogen and oxygen atoms in total. The van der Waals surface area contributed by atoms with Crippen molar-refractivity contribution in [1.29, 1.82) is 0 Å². The highest BCUT2D eigenvalue weighted by atomic mass is 14.9. The molecular weight excluding hydrogens is 172 g/mol. The summed E-state index contributed by atoms with van der Waals surface area (Å²) in [5, 5.41) is 0. The summed E-state index contributed by atoms with van der Waals surface area (Å²) < 4.78 is 0. The van der Waals surface area contributed by atoms with Crippen molar-refractivity contribution in [3.8, 4) is 0 Å². The second-order valence-electron chi connectivity index (χ2n) is 5.10. The van der Waals surface area contributed by atoms with Crippen LogP contribution in [0.25, 0.3) is 0 Å². The van der Waals surface area contributed by atoms with Gasteiger partial charge in [-0.1, -0.05) is 19.8 Å². The molecule has 2 fully saturated rings. The number of aliphatic imine (C=N–C) groups is 1. The first-order chi connectivity index (χ1) is 6.75. The predicted octanol–water partition coefficient (Wildman–Crippen LogP) is 2.72. The lowest BCUT2D eigenvalue weighted by molar-refractivity contribution is 0.499. The molecule has 80 valence electrons. The molecule has 2 unspecified atom stereocenters. The number of amidine groups is 1. The van der Waals surface area contributed by atoms with Crippen molar-refractivity contribution in [2.24, 2.45) is 22.6 Å². The van der Waals surface area contributed by atoms with Crippen molar-refractivity contribution < 1.29 is 0 Å². The highest BCUT2D eigenvalue weighted by Crippen LogP contribution is 2.30. The maximum atomic E-state index is 5.95. The van der Waals surface area contributed by atoms with Crippen molar-refractivity contribution in [2.75, 3.05) is 0 Å². The average Bonchev–Trinajstić information content (AvgIpc) is 2.94. The first-order valence-corrected chi connectivity index (χ1v) is 6.09. The third kappa shape index (κ3) is 2.73. The van der Waals surface area contributed by atoms with Crippen molar-refractivity contribution >= 4 is 5.84 Å². The highest BCUT2D eigenvalue weighted by molar-refractivity contribution is 5.85. The SMILES string of the molecule is CC1CCCC(N=C(N)C2CC2)CC1. The molecule has 2 saturated carbocycles. The van der Waals surface area contributed by atoms with E-state index in [4.69, 9.17) is 5.73 Å². The van der Waals surface area contributed by atoms with Crippen LogP contribution in [0.2, 0.25) is 0 Å². The van der Waals surface area contributed by atoms with Gasteiger partial charge in [0.1, 0.15) is 0 Å². The molecule has 2 heteroatoms. The van der Waals surface area contributed by atoms with E-state index in [0.29, 0.717) is 12.0 Å². The van der Waals surface area contributed by atoms with Gasteiger partial charge in [-0.2, -0.15) is 0 Å². The number of nitrogens with two attached hydrogens (primary N) is 1. The fourth-order valence-corrected chi connectivity index (χ4v) is 2.29. The number of rotatable bonds is 2. The fourth-order valence-electron chi connectivity index (χ4n) is 2.29. The topological polar surface area (TPSA) is 38.4 Å². The molecule has 0 aromatic carbocycles. The smallest absolute Gasteiger partial charge is 0.0971 e. The van der Waals surface area contributed by atoms with Gasteiger partial charge >= 0.3 is 0 Å². The van der Waals surface area contributed by atoms with E-state index < -0.39 is 0 Å². The molecule has 0 heterocycles. The summed E-state index contributed by atoms with van der Waals surface area (Å²) in [7, 11) is 0. The lowest BCUT2D eigenvalue weighted by Gasteiger charge is -2.10. The van der Waals surface area contributed by atoms with Gasteiger partial charge in [-0.3, -0.25) is 4.99 Å². The minimum absolute atomic E-state index is 0.542. The largest absolute Gasteiger partial charge is 0.387 e. The Kier molecular flexibility index (Phi) is 3.09. The summed E-state index contributed by atoms with van der Waals surface area (Å²) in [6, 6.07) is 0.542. The van der Waals surface area contributed by atoms with E-state index in [1.54, 1.807) is 0 Å². The molecule has 0 spiro atoms. The molecule has 0 aromatic rings. The Balaban J connectivity index is 1.87. The third-order valence-electron chi connectivity index (χ3n) is 3.55. The Labute approximate surface area is 87.0 Å². The van der Waals surface area contributed by atoms with E-state index in [1.165, 1.54) is 44.9 Å². The van der Waals surface area contributed by atoms with Crippen LogP contribution in [-0.2, 0) is 0 Å². The van der Waals surface area contributed by atoms with Crippen LogP contribution >= 0.6 is 0 Å². The van der Waals surface area contributed by atoms with E-state index in [0.717, 1.165) is 11.8 Å². The van der Waals surface area contributed by atoms with Gasteiger partial charge in [0.2, 0.25) is 0 Å². The van der Waals surface area contributed by atoms with E-state index >= 15 is 0 Å². The second kappa shape index (κ2) is 4.33. The van der Waals surface area contributed by atoms with E-state index in [-0.39, 0.29) is 0 Å². The van der Waals surface area contributed by atoms with Gasteiger partial charge in [0.25, 0.3) is 0 Å². The molecule has 14 heavy (non-hydrogen) atoms. The van der Waals surface area contributed by atoms with E-state index in [9.17, 15) is 0 Å². The van der Waals surface area contributed by atoms with Crippen LogP contribution in [0.5, 0.6) is 0 Å². The highest BCUT2D eigenvalue weighted by Gasteiger charge is 2.26. The third-order valence-corrected chi connectivity index (χ3v) is 3.55. The van der Waals surface area contributed by atoms with E-state index in [1.807, 2.05) is 0 Å². The van der Waals surface area contributed by atoms with Crippen molar-refractivity contribution in [3.05, 3.63) is 0 Å². The summed E-state index contributed by atoms with van der Waals surface area (Å²) >= 11 is 0. The Morgan fingerprint density at radius 3 is 2.57 bits per heavy atom. The summed E-state index contributed by atoms with van der Waals surface area (Å²) in [6.07, 6.45) is 9.14. The molecule has 0 aromatic heterocycles. The first-order valence-electron chi connectivity index (χ1n) is 6.09. The molecule has 2 N–H and O–H groups in total. The van der Waals surface area contributed by atoms with Gasteiger partial charge in [-0.25, -0.2) is 0 Å². The monoisotopic (exact) mass is 194 g/mol. The molecule has 2 aliphatic carbocycles. The Hall–Kier alpha value is -0.530. The summed E-state index contributed by atoms with van der Waals surface area (Å²) in [5.41, 5.74) is 5.95. The maximum absolute atomic E-state index is 5.95. The predicted molar refractivity (Wildman–Crippen MR) is 60.4 cm³/mol. The van der Waals surface area contributed by atoms with Crippen LogP contribution in [0, 0.1) is 11.8 Å². The molecule has 0 bridgehead atoms. The minimum atomic E-state index is 0.542. The maximum Gasteiger partial charge on any atom is 0.0971 e. The first kappa shape index (κ1) is 10.0. The summed E-state index contributed by atoms with van der Waals surface area (Å²) in [5.74, 6) is 2.50. The lowest BCUT2D eigenvalue weighted by Crippen LogP contribution is -2.18. The van der Waals surface area contributed by atoms with Crippen molar-refractivity contribution in [3.63, 3.8) is 0 Å². The van der Waals surface area contributed by atoms with Gasteiger partial charge in [0, 0.05) is 5.92 Å². The zero-order valence-electron chi connectivity index (χ0n) is 9.21. The molecule has 0 radical (unpaired) electrons.